The summed E-state index contributed by atoms with van der Waals surface area (Å²) in [5.74, 6) is 1.72. The standard InChI is InChI=1S/C15H19N3/c1-10-6-12-4-2-3-5-14(12)18-15(10)17-9-11-7-13(16)8-11/h2-6,11,13H,7-9,16H2,1H3,(H,17,18). The summed E-state index contributed by atoms with van der Waals surface area (Å²) < 4.78 is 0. The minimum atomic E-state index is 0.419. The molecule has 2 aromatic rings. The third-order valence-corrected chi connectivity index (χ3v) is 3.74. The van der Waals surface area contributed by atoms with Crippen LogP contribution < -0.4 is 11.1 Å². The summed E-state index contributed by atoms with van der Waals surface area (Å²) in [6, 6.07) is 10.8. The molecule has 3 N–H and O–H groups in total. The first kappa shape index (κ1) is 11.5. The maximum atomic E-state index is 5.80. The molecule has 1 aromatic carbocycles. The van der Waals surface area contributed by atoms with Gasteiger partial charge in [-0.1, -0.05) is 18.2 Å². The molecule has 1 saturated carbocycles. The highest BCUT2D eigenvalue weighted by molar-refractivity contribution is 5.81. The van der Waals surface area contributed by atoms with Gasteiger partial charge in [0.2, 0.25) is 0 Å². The summed E-state index contributed by atoms with van der Waals surface area (Å²) in [5.41, 5.74) is 8.06. The molecule has 1 fully saturated rings. The van der Waals surface area contributed by atoms with E-state index in [1.165, 1.54) is 10.9 Å². The molecule has 18 heavy (non-hydrogen) atoms. The Kier molecular flexibility index (Phi) is 2.92. The fourth-order valence-electron chi connectivity index (χ4n) is 2.60. The van der Waals surface area contributed by atoms with Crippen LogP contribution in [0, 0.1) is 12.8 Å². The average molecular weight is 241 g/mol. The van der Waals surface area contributed by atoms with Gasteiger partial charge in [-0.15, -0.1) is 0 Å². The summed E-state index contributed by atoms with van der Waals surface area (Å²) >= 11 is 0. The van der Waals surface area contributed by atoms with Gasteiger partial charge in [-0.2, -0.15) is 0 Å². The number of fused-ring (bicyclic) bond motifs is 1. The average Bonchev–Trinajstić information content (AvgIpc) is 2.33. The topological polar surface area (TPSA) is 50.9 Å². The molecule has 0 saturated heterocycles. The molecule has 94 valence electrons. The second kappa shape index (κ2) is 4.58. The third kappa shape index (κ3) is 2.18. The molecular formula is C15H19N3. The Hall–Kier alpha value is -1.61. The SMILES string of the molecule is Cc1cc2ccccc2nc1NCC1CC(N)C1. The first-order chi connectivity index (χ1) is 8.72. The smallest absolute Gasteiger partial charge is 0.129 e. The molecule has 3 nitrogen and oxygen atoms in total. The Morgan fingerprint density at radius 3 is 2.89 bits per heavy atom. The lowest BCUT2D eigenvalue weighted by atomic mass is 9.81. The molecule has 3 rings (SSSR count). The Labute approximate surface area is 107 Å². The van der Waals surface area contributed by atoms with Gasteiger partial charge in [-0.3, -0.25) is 0 Å². The van der Waals surface area contributed by atoms with Crippen molar-refractivity contribution < 1.29 is 0 Å². The van der Waals surface area contributed by atoms with Crippen molar-refractivity contribution in [3.8, 4) is 0 Å². The highest BCUT2D eigenvalue weighted by atomic mass is 15.0. The van der Waals surface area contributed by atoms with E-state index in [2.05, 4.69) is 35.4 Å². The van der Waals surface area contributed by atoms with E-state index in [0.29, 0.717) is 12.0 Å². The largest absolute Gasteiger partial charge is 0.370 e. The fraction of sp³-hybridized carbons (Fsp3) is 0.400. The van der Waals surface area contributed by atoms with Crippen molar-refractivity contribution in [3.05, 3.63) is 35.9 Å². The second-order valence-electron chi connectivity index (χ2n) is 5.32. The van der Waals surface area contributed by atoms with Crippen LogP contribution in [0.5, 0.6) is 0 Å². The molecule has 1 aromatic heterocycles. The molecule has 0 spiro atoms. The fourth-order valence-corrected chi connectivity index (χ4v) is 2.60. The zero-order valence-corrected chi connectivity index (χ0v) is 10.7. The zero-order chi connectivity index (χ0) is 12.5. The molecule has 1 aliphatic carbocycles. The van der Waals surface area contributed by atoms with Crippen molar-refractivity contribution in [2.45, 2.75) is 25.8 Å². The number of pyridine rings is 1. The molecule has 0 unspecified atom stereocenters. The van der Waals surface area contributed by atoms with Crippen LogP contribution >= 0.6 is 0 Å². The molecule has 1 heterocycles. The number of nitrogens with one attached hydrogen (secondary N) is 1. The Balaban J connectivity index is 1.76. The van der Waals surface area contributed by atoms with Gasteiger partial charge in [0, 0.05) is 18.0 Å². The minimum absolute atomic E-state index is 0.419. The molecule has 0 aliphatic heterocycles. The number of hydrogen-bond donors (Lipinski definition) is 2. The first-order valence-corrected chi connectivity index (χ1v) is 6.58. The van der Waals surface area contributed by atoms with Crippen molar-refractivity contribution in [2.75, 3.05) is 11.9 Å². The van der Waals surface area contributed by atoms with Gasteiger partial charge in [0.15, 0.2) is 0 Å². The van der Waals surface area contributed by atoms with E-state index in [4.69, 9.17) is 5.73 Å². The zero-order valence-electron chi connectivity index (χ0n) is 10.7. The van der Waals surface area contributed by atoms with E-state index >= 15 is 0 Å². The summed E-state index contributed by atoms with van der Waals surface area (Å²) in [4.78, 5) is 4.68. The van der Waals surface area contributed by atoms with Crippen LogP contribution in [0.2, 0.25) is 0 Å². The highest BCUT2D eigenvalue weighted by Crippen LogP contribution is 2.26. The van der Waals surface area contributed by atoms with E-state index in [1.54, 1.807) is 0 Å². The summed E-state index contributed by atoms with van der Waals surface area (Å²) in [6.07, 6.45) is 2.28. The van der Waals surface area contributed by atoms with E-state index < -0.39 is 0 Å². The van der Waals surface area contributed by atoms with E-state index in [0.717, 1.165) is 30.7 Å². The predicted octanol–water partition coefficient (Wildman–Crippen LogP) is 2.69. The molecule has 0 radical (unpaired) electrons. The first-order valence-electron chi connectivity index (χ1n) is 6.58. The number of hydrogen-bond acceptors (Lipinski definition) is 3. The highest BCUT2D eigenvalue weighted by Gasteiger charge is 2.25. The van der Waals surface area contributed by atoms with Crippen LogP contribution in [0.15, 0.2) is 30.3 Å². The number of para-hydroxylation sites is 1. The molecular weight excluding hydrogens is 222 g/mol. The lowest BCUT2D eigenvalue weighted by molar-refractivity contribution is 0.280. The summed E-state index contributed by atoms with van der Waals surface area (Å²) in [5, 5.41) is 4.66. The monoisotopic (exact) mass is 241 g/mol. The molecule has 0 bridgehead atoms. The van der Waals surface area contributed by atoms with Gasteiger partial charge in [-0.05, 0) is 43.4 Å². The van der Waals surface area contributed by atoms with Gasteiger partial charge in [0.1, 0.15) is 5.82 Å². The van der Waals surface area contributed by atoms with Crippen molar-refractivity contribution >= 4 is 16.7 Å². The van der Waals surface area contributed by atoms with Crippen molar-refractivity contribution in [1.29, 1.82) is 0 Å². The van der Waals surface area contributed by atoms with Crippen LogP contribution in [0.3, 0.4) is 0 Å². The number of aromatic nitrogens is 1. The molecule has 0 amide bonds. The lowest BCUT2D eigenvalue weighted by Gasteiger charge is -2.32. The quantitative estimate of drug-likeness (QED) is 0.868. The summed E-state index contributed by atoms with van der Waals surface area (Å²) in [6.45, 7) is 3.09. The van der Waals surface area contributed by atoms with Crippen LogP contribution in [0.1, 0.15) is 18.4 Å². The second-order valence-corrected chi connectivity index (χ2v) is 5.32. The van der Waals surface area contributed by atoms with Crippen molar-refractivity contribution in [2.24, 2.45) is 11.7 Å². The predicted molar refractivity (Wildman–Crippen MR) is 75.7 cm³/mol. The van der Waals surface area contributed by atoms with Gasteiger partial charge < -0.3 is 11.1 Å². The number of benzene rings is 1. The maximum Gasteiger partial charge on any atom is 0.129 e. The summed E-state index contributed by atoms with van der Waals surface area (Å²) in [7, 11) is 0. The number of nitrogens with zero attached hydrogens (tertiary/aromatic N) is 1. The minimum Gasteiger partial charge on any atom is -0.370 e. The Morgan fingerprint density at radius 1 is 1.33 bits per heavy atom. The Bertz CT molecular complexity index is 559. The number of anilines is 1. The Morgan fingerprint density at radius 2 is 2.11 bits per heavy atom. The van der Waals surface area contributed by atoms with Gasteiger partial charge in [0.25, 0.3) is 0 Å². The normalized spacial score (nSPS) is 22.8. The number of rotatable bonds is 3. The van der Waals surface area contributed by atoms with E-state index in [-0.39, 0.29) is 0 Å². The van der Waals surface area contributed by atoms with Gasteiger partial charge in [-0.25, -0.2) is 4.98 Å². The molecule has 1 aliphatic rings. The van der Waals surface area contributed by atoms with Crippen LogP contribution in [0.25, 0.3) is 10.9 Å². The van der Waals surface area contributed by atoms with Crippen molar-refractivity contribution in [3.63, 3.8) is 0 Å². The molecule has 3 heteroatoms. The number of aryl methyl sites for hydroxylation is 1. The van der Waals surface area contributed by atoms with E-state index in [1.807, 2.05) is 12.1 Å². The molecule has 0 atom stereocenters. The maximum absolute atomic E-state index is 5.80. The van der Waals surface area contributed by atoms with Crippen LogP contribution in [0.4, 0.5) is 5.82 Å². The number of nitrogens with two attached hydrogens (primary N) is 1. The van der Waals surface area contributed by atoms with Crippen LogP contribution in [-0.2, 0) is 0 Å². The third-order valence-electron chi connectivity index (χ3n) is 3.74. The van der Waals surface area contributed by atoms with Gasteiger partial charge >= 0.3 is 0 Å². The van der Waals surface area contributed by atoms with E-state index in [9.17, 15) is 0 Å². The lowest BCUT2D eigenvalue weighted by Crippen LogP contribution is -2.39. The van der Waals surface area contributed by atoms with Crippen molar-refractivity contribution in [1.82, 2.24) is 4.98 Å². The van der Waals surface area contributed by atoms with Gasteiger partial charge in [0.05, 0.1) is 5.52 Å². The van der Waals surface area contributed by atoms with Crippen LogP contribution in [-0.4, -0.2) is 17.6 Å².